The first-order valence-corrected chi connectivity index (χ1v) is 7.44. The number of hydrogen-bond donors (Lipinski definition) is 1. The van der Waals surface area contributed by atoms with Gasteiger partial charge in [-0.1, -0.05) is 0 Å². The predicted molar refractivity (Wildman–Crippen MR) is 65.4 cm³/mol. The average Bonchev–Trinajstić information content (AvgIpc) is 2.34. The number of aliphatic hydroxyl groups is 1. The van der Waals surface area contributed by atoms with E-state index in [0.29, 0.717) is 34.8 Å². The molecule has 1 aromatic rings. The van der Waals surface area contributed by atoms with Gasteiger partial charge < -0.3 is 0 Å². The average molecular weight is 289 g/mol. The Balaban J connectivity index is 1.89. The molecule has 0 bridgehead atoms. The quantitative estimate of drug-likeness (QED) is 0.530. The van der Waals surface area contributed by atoms with Gasteiger partial charge in [-0.25, -0.2) is 0 Å². The van der Waals surface area contributed by atoms with E-state index in [-0.39, 0.29) is 6.61 Å². The minimum absolute atomic E-state index is 0.0805. The number of benzene rings is 1. The third-order valence-corrected chi connectivity index (χ3v) is 3.90. The van der Waals surface area contributed by atoms with E-state index >= 15 is 0 Å². The fraction of sp³-hybridized carbons (Fsp3) is 0.500. The molecular formula is C12H18O3Se. The molecule has 0 heterocycles. The molecule has 3 nitrogen and oxygen atoms in total. The maximum atomic E-state index is 8.47. The van der Waals surface area contributed by atoms with Crippen LogP contribution >= 0.6 is 0 Å². The predicted octanol–water partition coefficient (Wildman–Crippen LogP) is 0.460. The molecule has 0 aliphatic rings. The van der Waals surface area contributed by atoms with E-state index in [0.717, 1.165) is 11.9 Å². The van der Waals surface area contributed by atoms with E-state index in [4.69, 9.17) is 14.6 Å². The Morgan fingerprint density at radius 3 is 2.31 bits per heavy atom. The number of hydrogen-bond acceptors (Lipinski definition) is 3. The summed E-state index contributed by atoms with van der Waals surface area (Å²) in [6, 6.07) is 10.5. The molecule has 0 amide bonds. The molecule has 1 rings (SSSR count). The van der Waals surface area contributed by atoms with Crippen LogP contribution in [0.5, 0.6) is 0 Å². The standard InChI is InChI=1S/C12H18O3Se/c13-6-7-14-8-9-15-10-11-16-12-4-2-1-3-5-12/h1-5,13H,6-11H2. The molecule has 90 valence electrons. The topological polar surface area (TPSA) is 38.7 Å². The van der Waals surface area contributed by atoms with Crippen molar-refractivity contribution in [3.8, 4) is 0 Å². The first kappa shape index (κ1) is 13.7. The molecule has 0 aliphatic heterocycles. The van der Waals surface area contributed by atoms with Crippen LogP contribution in [0.25, 0.3) is 0 Å². The summed E-state index contributed by atoms with van der Waals surface area (Å²) in [6.45, 7) is 2.45. The molecule has 0 aliphatic carbocycles. The Hall–Kier alpha value is -0.381. The fourth-order valence-corrected chi connectivity index (χ4v) is 2.77. The van der Waals surface area contributed by atoms with E-state index in [9.17, 15) is 0 Å². The van der Waals surface area contributed by atoms with E-state index in [1.807, 2.05) is 6.07 Å². The zero-order valence-corrected chi connectivity index (χ0v) is 11.0. The number of aliphatic hydroxyl groups excluding tert-OH is 1. The van der Waals surface area contributed by atoms with Crippen molar-refractivity contribution < 1.29 is 14.6 Å². The second-order valence-electron chi connectivity index (χ2n) is 3.11. The Morgan fingerprint density at radius 1 is 0.938 bits per heavy atom. The Morgan fingerprint density at radius 2 is 1.62 bits per heavy atom. The van der Waals surface area contributed by atoms with Crippen molar-refractivity contribution >= 4 is 19.4 Å². The molecular weight excluding hydrogens is 271 g/mol. The van der Waals surface area contributed by atoms with E-state index in [1.165, 1.54) is 4.46 Å². The first-order valence-electron chi connectivity index (χ1n) is 5.37. The van der Waals surface area contributed by atoms with E-state index in [2.05, 4.69) is 24.3 Å². The molecule has 0 atom stereocenters. The molecule has 1 N–H and O–H groups in total. The van der Waals surface area contributed by atoms with Crippen LogP contribution in [0.15, 0.2) is 30.3 Å². The van der Waals surface area contributed by atoms with Crippen molar-refractivity contribution in [1.82, 2.24) is 0 Å². The summed E-state index contributed by atoms with van der Waals surface area (Å²) in [7, 11) is 0. The molecule has 0 saturated heterocycles. The van der Waals surface area contributed by atoms with E-state index < -0.39 is 0 Å². The number of rotatable bonds is 9. The van der Waals surface area contributed by atoms with Gasteiger partial charge in [-0.3, -0.25) is 0 Å². The minimum atomic E-state index is 0.0805. The van der Waals surface area contributed by atoms with Crippen molar-refractivity contribution in [3.05, 3.63) is 30.3 Å². The van der Waals surface area contributed by atoms with Gasteiger partial charge in [0.1, 0.15) is 0 Å². The monoisotopic (exact) mass is 290 g/mol. The SMILES string of the molecule is OCCOCCOCC[Se]c1ccccc1. The van der Waals surface area contributed by atoms with Crippen LogP contribution in [0, 0.1) is 0 Å². The van der Waals surface area contributed by atoms with Gasteiger partial charge in [0.05, 0.1) is 0 Å². The summed E-state index contributed by atoms with van der Waals surface area (Å²) >= 11 is 0.507. The zero-order chi connectivity index (χ0) is 11.5. The van der Waals surface area contributed by atoms with Crippen molar-refractivity contribution in [2.75, 3.05) is 33.0 Å². The Bertz CT molecular complexity index is 254. The molecule has 0 saturated carbocycles. The van der Waals surface area contributed by atoms with Crippen LogP contribution in [-0.2, 0) is 9.47 Å². The van der Waals surface area contributed by atoms with Gasteiger partial charge in [-0.05, 0) is 0 Å². The Labute approximate surface area is 103 Å². The van der Waals surface area contributed by atoms with Gasteiger partial charge >= 0.3 is 103 Å². The molecule has 0 aromatic heterocycles. The fourth-order valence-electron chi connectivity index (χ4n) is 1.12. The molecule has 4 heteroatoms. The van der Waals surface area contributed by atoms with Crippen LogP contribution in [-0.4, -0.2) is 53.1 Å². The van der Waals surface area contributed by atoms with Gasteiger partial charge in [-0.15, -0.1) is 0 Å². The van der Waals surface area contributed by atoms with Gasteiger partial charge in [0.25, 0.3) is 0 Å². The summed E-state index contributed by atoms with van der Waals surface area (Å²) < 4.78 is 11.9. The Kier molecular flexibility index (Phi) is 8.40. The third-order valence-electron chi connectivity index (χ3n) is 1.85. The third kappa shape index (κ3) is 6.99. The van der Waals surface area contributed by atoms with Crippen molar-refractivity contribution in [2.45, 2.75) is 5.32 Å². The number of ether oxygens (including phenoxy) is 2. The summed E-state index contributed by atoms with van der Waals surface area (Å²) in [6.07, 6.45) is 0. The molecule has 16 heavy (non-hydrogen) atoms. The molecule has 0 unspecified atom stereocenters. The van der Waals surface area contributed by atoms with Crippen molar-refractivity contribution in [2.24, 2.45) is 0 Å². The summed E-state index contributed by atoms with van der Waals surface area (Å²) in [4.78, 5) is 0. The van der Waals surface area contributed by atoms with Crippen LogP contribution in [0.1, 0.15) is 0 Å². The summed E-state index contributed by atoms with van der Waals surface area (Å²) in [5, 5.41) is 9.56. The van der Waals surface area contributed by atoms with E-state index in [1.54, 1.807) is 0 Å². The van der Waals surface area contributed by atoms with Crippen LogP contribution in [0.4, 0.5) is 0 Å². The van der Waals surface area contributed by atoms with Gasteiger partial charge in [0.2, 0.25) is 0 Å². The van der Waals surface area contributed by atoms with Crippen LogP contribution in [0.2, 0.25) is 5.32 Å². The zero-order valence-electron chi connectivity index (χ0n) is 9.30. The second kappa shape index (κ2) is 9.82. The van der Waals surface area contributed by atoms with Gasteiger partial charge in [-0.2, -0.15) is 0 Å². The van der Waals surface area contributed by atoms with Crippen molar-refractivity contribution in [1.29, 1.82) is 0 Å². The molecule has 0 radical (unpaired) electrons. The molecule has 0 fully saturated rings. The molecule has 0 spiro atoms. The van der Waals surface area contributed by atoms with Gasteiger partial charge in [0, 0.05) is 0 Å². The summed E-state index contributed by atoms with van der Waals surface area (Å²) in [5.74, 6) is 0. The van der Waals surface area contributed by atoms with Gasteiger partial charge in [0.15, 0.2) is 0 Å². The second-order valence-corrected chi connectivity index (χ2v) is 5.56. The van der Waals surface area contributed by atoms with Crippen LogP contribution in [0.3, 0.4) is 0 Å². The molecule has 1 aromatic carbocycles. The van der Waals surface area contributed by atoms with Crippen molar-refractivity contribution in [3.63, 3.8) is 0 Å². The first-order chi connectivity index (χ1) is 7.93. The normalized spacial score (nSPS) is 10.6. The summed E-state index contributed by atoms with van der Waals surface area (Å²) in [5.41, 5.74) is 0. The van der Waals surface area contributed by atoms with Crippen LogP contribution < -0.4 is 4.46 Å². The maximum absolute atomic E-state index is 8.47.